The van der Waals surface area contributed by atoms with E-state index in [9.17, 15) is 4.79 Å². The van der Waals surface area contributed by atoms with Crippen LogP contribution >= 0.6 is 12.4 Å². The number of nitrogens with one attached hydrogen (secondary N) is 2. The predicted octanol–water partition coefficient (Wildman–Crippen LogP) is 1.79. The molecular formula is C15H30ClN3O. The molecule has 0 saturated carbocycles. The van der Waals surface area contributed by atoms with E-state index in [1.165, 1.54) is 38.8 Å². The van der Waals surface area contributed by atoms with Crippen molar-refractivity contribution < 1.29 is 4.79 Å². The Bertz CT molecular complexity index is 280. The zero-order valence-electron chi connectivity index (χ0n) is 12.7. The molecule has 2 rings (SSSR count). The quantitative estimate of drug-likeness (QED) is 0.832. The molecule has 0 aromatic heterocycles. The normalized spacial score (nSPS) is 28.2. The number of carbonyl (C=O) groups excluding carboxylic acids is 1. The fourth-order valence-corrected chi connectivity index (χ4v) is 3.21. The Labute approximate surface area is 129 Å². The zero-order valence-corrected chi connectivity index (χ0v) is 13.5. The first-order valence-electron chi connectivity index (χ1n) is 7.99. The fourth-order valence-electron chi connectivity index (χ4n) is 3.21. The molecule has 2 atom stereocenters. The summed E-state index contributed by atoms with van der Waals surface area (Å²) in [5.41, 5.74) is 0. The second-order valence-corrected chi connectivity index (χ2v) is 6.12. The summed E-state index contributed by atoms with van der Waals surface area (Å²) in [7, 11) is 0. The first-order chi connectivity index (χ1) is 9.25. The van der Waals surface area contributed by atoms with Crippen molar-refractivity contribution >= 4 is 18.3 Å². The Morgan fingerprint density at radius 2 is 1.95 bits per heavy atom. The second kappa shape index (κ2) is 9.59. The Kier molecular flexibility index (Phi) is 8.50. The molecule has 1 amide bonds. The molecule has 0 unspecified atom stereocenters. The van der Waals surface area contributed by atoms with Crippen LogP contribution in [-0.4, -0.2) is 49.6 Å². The summed E-state index contributed by atoms with van der Waals surface area (Å²) >= 11 is 0. The number of piperidine rings is 1. The van der Waals surface area contributed by atoms with Crippen LogP contribution in [0.3, 0.4) is 0 Å². The van der Waals surface area contributed by atoms with E-state index in [1.807, 2.05) is 0 Å². The third-order valence-electron chi connectivity index (χ3n) is 4.42. The van der Waals surface area contributed by atoms with Gasteiger partial charge in [0.05, 0.1) is 0 Å². The lowest BCUT2D eigenvalue weighted by molar-refractivity contribution is -0.126. The van der Waals surface area contributed by atoms with Gasteiger partial charge in [-0.3, -0.25) is 4.79 Å². The summed E-state index contributed by atoms with van der Waals surface area (Å²) < 4.78 is 0. The van der Waals surface area contributed by atoms with E-state index in [4.69, 9.17) is 0 Å². The summed E-state index contributed by atoms with van der Waals surface area (Å²) in [6.07, 6.45) is 7.35. The van der Waals surface area contributed by atoms with E-state index < -0.39 is 0 Å². The number of rotatable bonds is 4. The zero-order chi connectivity index (χ0) is 13.5. The average Bonchev–Trinajstić information content (AvgIpc) is 2.67. The van der Waals surface area contributed by atoms with Gasteiger partial charge in [-0.1, -0.05) is 12.8 Å². The molecule has 2 heterocycles. The molecule has 5 heteroatoms. The van der Waals surface area contributed by atoms with E-state index in [1.54, 1.807) is 0 Å². The third kappa shape index (κ3) is 5.98. The van der Waals surface area contributed by atoms with Crippen LogP contribution in [0.1, 0.15) is 45.4 Å². The summed E-state index contributed by atoms with van der Waals surface area (Å²) in [6, 6.07) is 0.482. The minimum absolute atomic E-state index is 0. The molecule has 0 aromatic carbocycles. The van der Waals surface area contributed by atoms with Crippen molar-refractivity contribution in [3.8, 4) is 0 Å². The summed E-state index contributed by atoms with van der Waals surface area (Å²) in [4.78, 5) is 14.6. The minimum Gasteiger partial charge on any atom is -0.355 e. The van der Waals surface area contributed by atoms with Gasteiger partial charge in [0.1, 0.15) is 0 Å². The molecule has 2 aliphatic heterocycles. The lowest BCUT2D eigenvalue weighted by atomic mass is 9.92. The van der Waals surface area contributed by atoms with Crippen LogP contribution in [0, 0.1) is 5.92 Å². The van der Waals surface area contributed by atoms with Crippen LogP contribution in [0.4, 0.5) is 0 Å². The van der Waals surface area contributed by atoms with E-state index in [-0.39, 0.29) is 24.2 Å². The van der Waals surface area contributed by atoms with Gasteiger partial charge in [0.15, 0.2) is 0 Å². The first kappa shape index (κ1) is 17.7. The molecule has 0 aromatic rings. The van der Waals surface area contributed by atoms with Gasteiger partial charge >= 0.3 is 0 Å². The van der Waals surface area contributed by atoms with E-state index >= 15 is 0 Å². The van der Waals surface area contributed by atoms with Gasteiger partial charge < -0.3 is 15.5 Å². The maximum absolute atomic E-state index is 12.1. The van der Waals surface area contributed by atoms with Crippen LogP contribution in [-0.2, 0) is 4.79 Å². The minimum atomic E-state index is 0. The van der Waals surface area contributed by atoms with Gasteiger partial charge in [-0.05, 0) is 52.2 Å². The summed E-state index contributed by atoms with van der Waals surface area (Å²) in [5.74, 6) is 0.489. The lowest BCUT2D eigenvalue weighted by Crippen LogP contribution is -2.44. The van der Waals surface area contributed by atoms with Crippen LogP contribution in [0.2, 0.25) is 0 Å². The van der Waals surface area contributed by atoms with Crippen LogP contribution < -0.4 is 10.6 Å². The van der Waals surface area contributed by atoms with Gasteiger partial charge in [0, 0.05) is 25.0 Å². The number of likely N-dealkylation sites (tertiary alicyclic amines) is 1. The maximum atomic E-state index is 12.1. The number of halogens is 1. The molecular weight excluding hydrogens is 274 g/mol. The van der Waals surface area contributed by atoms with Crippen molar-refractivity contribution in [1.82, 2.24) is 15.5 Å². The molecule has 4 nitrogen and oxygen atoms in total. The van der Waals surface area contributed by atoms with Crippen molar-refractivity contribution in [3.63, 3.8) is 0 Å². The van der Waals surface area contributed by atoms with Crippen LogP contribution in [0.15, 0.2) is 0 Å². The van der Waals surface area contributed by atoms with Crippen molar-refractivity contribution in [2.45, 2.75) is 51.5 Å². The SMILES string of the molecule is C[C@H]1C[C@@H](C(=O)NCCN2CCCCCC2)CCN1.Cl. The molecule has 2 aliphatic rings. The molecule has 2 saturated heterocycles. The van der Waals surface area contributed by atoms with E-state index in [2.05, 4.69) is 22.5 Å². The highest BCUT2D eigenvalue weighted by Crippen LogP contribution is 2.15. The number of hydrogen-bond acceptors (Lipinski definition) is 3. The highest BCUT2D eigenvalue weighted by atomic mass is 35.5. The highest BCUT2D eigenvalue weighted by molar-refractivity contribution is 5.85. The predicted molar refractivity (Wildman–Crippen MR) is 85.4 cm³/mol. The number of nitrogens with zero attached hydrogens (tertiary/aromatic N) is 1. The van der Waals surface area contributed by atoms with Crippen LogP contribution in [0.5, 0.6) is 0 Å². The Morgan fingerprint density at radius 1 is 1.25 bits per heavy atom. The van der Waals surface area contributed by atoms with Crippen LogP contribution in [0.25, 0.3) is 0 Å². The molecule has 20 heavy (non-hydrogen) atoms. The molecule has 2 N–H and O–H groups in total. The molecule has 118 valence electrons. The standard InChI is InChI=1S/C15H29N3O.ClH/c1-13-12-14(6-7-16-13)15(19)17-8-11-18-9-4-2-3-5-10-18;/h13-14,16H,2-12H2,1H3,(H,17,19);1H/t13-,14-;/m0./s1. The Hall–Kier alpha value is -0.320. The van der Waals surface area contributed by atoms with Gasteiger partial charge in [0.25, 0.3) is 0 Å². The van der Waals surface area contributed by atoms with Gasteiger partial charge in [-0.2, -0.15) is 0 Å². The van der Waals surface area contributed by atoms with Crippen molar-refractivity contribution in [1.29, 1.82) is 0 Å². The molecule has 0 spiro atoms. The van der Waals surface area contributed by atoms with Gasteiger partial charge in [-0.15, -0.1) is 12.4 Å². The maximum Gasteiger partial charge on any atom is 0.223 e. The third-order valence-corrected chi connectivity index (χ3v) is 4.42. The first-order valence-corrected chi connectivity index (χ1v) is 7.99. The molecule has 2 fully saturated rings. The summed E-state index contributed by atoms with van der Waals surface area (Å²) in [5, 5.41) is 6.53. The average molecular weight is 304 g/mol. The largest absolute Gasteiger partial charge is 0.355 e. The number of amides is 1. The van der Waals surface area contributed by atoms with E-state index in [0.29, 0.717) is 6.04 Å². The smallest absolute Gasteiger partial charge is 0.223 e. The molecule has 0 aliphatic carbocycles. The monoisotopic (exact) mass is 303 g/mol. The molecule has 0 bridgehead atoms. The van der Waals surface area contributed by atoms with Crippen molar-refractivity contribution in [2.24, 2.45) is 5.92 Å². The topological polar surface area (TPSA) is 44.4 Å². The van der Waals surface area contributed by atoms with Gasteiger partial charge in [-0.25, -0.2) is 0 Å². The van der Waals surface area contributed by atoms with Gasteiger partial charge in [0.2, 0.25) is 5.91 Å². The van der Waals surface area contributed by atoms with E-state index in [0.717, 1.165) is 32.5 Å². The number of hydrogen-bond donors (Lipinski definition) is 2. The molecule has 0 radical (unpaired) electrons. The second-order valence-electron chi connectivity index (χ2n) is 6.12. The van der Waals surface area contributed by atoms with Crippen molar-refractivity contribution in [2.75, 3.05) is 32.7 Å². The van der Waals surface area contributed by atoms with Crippen molar-refractivity contribution in [3.05, 3.63) is 0 Å². The lowest BCUT2D eigenvalue weighted by Gasteiger charge is -2.27. The fraction of sp³-hybridized carbons (Fsp3) is 0.933. The number of carbonyl (C=O) groups is 1. The summed E-state index contributed by atoms with van der Waals surface area (Å²) in [6.45, 7) is 7.39. The highest BCUT2D eigenvalue weighted by Gasteiger charge is 2.24. The Morgan fingerprint density at radius 3 is 2.60 bits per heavy atom. The Balaban J connectivity index is 0.00000200.